The highest BCUT2D eigenvalue weighted by atomic mass is 32.2. The summed E-state index contributed by atoms with van der Waals surface area (Å²) in [5, 5.41) is 2.42. The summed E-state index contributed by atoms with van der Waals surface area (Å²) in [5.74, 6) is 0.514. The van der Waals surface area contributed by atoms with Gasteiger partial charge in [0.15, 0.2) is 5.78 Å². The number of alkyl halides is 6. The van der Waals surface area contributed by atoms with Gasteiger partial charge in [0.1, 0.15) is 11.9 Å². The van der Waals surface area contributed by atoms with Crippen LogP contribution in [0.2, 0.25) is 0 Å². The molecule has 3 aliphatic rings. The maximum absolute atomic E-state index is 13.5. The minimum atomic E-state index is -4.89. The highest BCUT2D eigenvalue weighted by Gasteiger charge is 2.38. The van der Waals surface area contributed by atoms with E-state index in [-0.39, 0.29) is 35.1 Å². The monoisotopic (exact) mass is 533 g/mol. The number of hydrogen-bond acceptors (Lipinski definition) is 5. The number of hydrogen-bond donors (Lipinski definition) is 1. The molecule has 1 saturated carbocycles. The zero-order valence-electron chi connectivity index (χ0n) is 19.2. The van der Waals surface area contributed by atoms with Gasteiger partial charge in [-0.05, 0) is 74.1 Å². The van der Waals surface area contributed by atoms with Gasteiger partial charge in [0.05, 0.1) is 16.0 Å². The van der Waals surface area contributed by atoms with Crippen LogP contribution in [0, 0.1) is 5.92 Å². The molecule has 1 aromatic rings. The summed E-state index contributed by atoms with van der Waals surface area (Å²) in [4.78, 5) is 31.0. The van der Waals surface area contributed by atoms with Crippen LogP contribution in [0.3, 0.4) is 0 Å². The number of amidine groups is 1. The number of halogens is 6. The number of likely N-dealkylation sites (tertiary alicyclic amines) is 1. The van der Waals surface area contributed by atoms with Crippen molar-refractivity contribution in [1.29, 1.82) is 0 Å². The van der Waals surface area contributed by atoms with Crippen LogP contribution in [0.5, 0.6) is 0 Å². The Balaban J connectivity index is 1.42. The predicted octanol–water partition coefficient (Wildman–Crippen LogP) is 6.19. The Kier molecular flexibility index (Phi) is 7.84. The molecule has 36 heavy (non-hydrogen) atoms. The first kappa shape index (κ1) is 26.7. The van der Waals surface area contributed by atoms with Crippen LogP contribution in [0.25, 0.3) is 0 Å². The average molecular weight is 534 g/mol. The number of piperidine rings is 1. The third kappa shape index (κ3) is 6.50. The first-order valence-corrected chi connectivity index (χ1v) is 12.5. The Morgan fingerprint density at radius 2 is 1.75 bits per heavy atom. The first-order valence-electron chi connectivity index (χ1n) is 11.7. The summed E-state index contributed by atoms with van der Waals surface area (Å²) < 4.78 is 79.1. The molecule has 0 spiro atoms. The van der Waals surface area contributed by atoms with E-state index in [2.05, 4.69) is 10.3 Å². The van der Waals surface area contributed by atoms with E-state index in [1.807, 2.05) is 6.08 Å². The van der Waals surface area contributed by atoms with Crippen LogP contribution in [-0.2, 0) is 23.7 Å². The van der Waals surface area contributed by atoms with Gasteiger partial charge in [-0.1, -0.05) is 18.6 Å². The van der Waals surface area contributed by atoms with Crippen LogP contribution >= 0.6 is 11.8 Å². The molecule has 1 aliphatic carbocycles. The number of rotatable bonds is 4. The van der Waals surface area contributed by atoms with Crippen molar-refractivity contribution < 1.29 is 35.9 Å². The standard InChI is InChI=1S/C24H25F6N3O2S/c25-23(26,27)16-6-5-15(17(12-16)24(28,29)30)13-33-9-7-14(8-10-33)11-20-21(32-22(35)36-20)31-18-3-1-2-4-19(18)34/h5-6,11-12,14,18H,1-4,7-10,13H2,(H,31,32,35)/b20-11-. The van der Waals surface area contributed by atoms with Gasteiger partial charge >= 0.3 is 12.4 Å². The smallest absolute Gasteiger partial charge is 0.300 e. The maximum atomic E-state index is 13.5. The van der Waals surface area contributed by atoms with E-state index >= 15 is 0 Å². The molecular formula is C24H25F6N3O2S. The van der Waals surface area contributed by atoms with Crippen molar-refractivity contribution in [2.24, 2.45) is 10.9 Å². The molecule has 196 valence electrons. The fourth-order valence-electron chi connectivity index (χ4n) is 4.68. The zero-order valence-corrected chi connectivity index (χ0v) is 20.0. The lowest BCUT2D eigenvalue weighted by atomic mass is 9.94. The van der Waals surface area contributed by atoms with E-state index in [4.69, 9.17) is 0 Å². The lowest BCUT2D eigenvalue weighted by molar-refractivity contribution is -0.143. The van der Waals surface area contributed by atoms with Gasteiger partial charge < -0.3 is 5.32 Å². The Labute approximate surface area is 208 Å². The molecule has 2 aliphatic heterocycles. The maximum Gasteiger partial charge on any atom is 0.416 e. The normalized spacial score (nSPS) is 25.1. The fraction of sp³-hybridized carbons (Fsp3) is 0.542. The largest absolute Gasteiger partial charge is 0.416 e. The highest BCUT2D eigenvalue weighted by molar-refractivity contribution is 8.18. The minimum absolute atomic E-state index is 0.0541. The molecule has 1 N–H and O–H groups in total. The summed E-state index contributed by atoms with van der Waals surface area (Å²) >= 11 is 1.01. The van der Waals surface area contributed by atoms with Gasteiger partial charge in [-0.3, -0.25) is 19.5 Å². The van der Waals surface area contributed by atoms with Gasteiger partial charge in [-0.2, -0.15) is 26.3 Å². The summed E-state index contributed by atoms with van der Waals surface area (Å²) in [6, 6.07) is 1.30. The zero-order chi connectivity index (χ0) is 26.1. The molecule has 4 rings (SSSR count). The molecule has 1 aromatic carbocycles. The topological polar surface area (TPSA) is 61.8 Å². The minimum Gasteiger partial charge on any atom is -0.300 e. The van der Waals surface area contributed by atoms with Gasteiger partial charge in [0.25, 0.3) is 5.24 Å². The number of carbonyl (C=O) groups excluding carboxylic acids is 2. The van der Waals surface area contributed by atoms with Gasteiger partial charge in [0.2, 0.25) is 0 Å². The molecule has 12 heteroatoms. The van der Waals surface area contributed by atoms with E-state index in [0.29, 0.717) is 55.6 Å². The number of carbonyl (C=O) groups is 2. The van der Waals surface area contributed by atoms with Crippen molar-refractivity contribution in [3.63, 3.8) is 0 Å². The molecule has 2 saturated heterocycles. The number of aliphatic imine (C=N–C) groups is 1. The summed E-state index contributed by atoms with van der Waals surface area (Å²) in [6.07, 6.45) is -3.73. The third-order valence-corrected chi connectivity index (χ3v) is 7.46. The Morgan fingerprint density at radius 3 is 2.39 bits per heavy atom. The van der Waals surface area contributed by atoms with E-state index < -0.39 is 29.5 Å². The number of amides is 1. The number of nitrogens with one attached hydrogen (secondary N) is 1. The summed E-state index contributed by atoms with van der Waals surface area (Å²) in [5.41, 5.74) is -2.79. The Morgan fingerprint density at radius 1 is 1.03 bits per heavy atom. The molecule has 1 atom stereocenters. The number of Topliss-reactive ketones (excluding diaryl/α,β-unsaturated/α-hetero) is 1. The van der Waals surface area contributed by atoms with Crippen molar-refractivity contribution in [3.05, 3.63) is 45.9 Å². The van der Waals surface area contributed by atoms with Gasteiger partial charge in [0, 0.05) is 13.0 Å². The molecule has 1 unspecified atom stereocenters. The van der Waals surface area contributed by atoms with Crippen LogP contribution in [-0.4, -0.2) is 40.9 Å². The first-order chi connectivity index (χ1) is 16.9. The second-order valence-electron chi connectivity index (χ2n) is 9.23. The molecular weight excluding hydrogens is 508 g/mol. The number of nitrogens with zero attached hydrogens (tertiary/aromatic N) is 2. The van der Waals surface area contributed by atoms with Crippen LogP contribution in [0.1, 0.15) is 55.2 Å². The Hall–Kier alpha value is -2.34. The lowest BCUT2D eigenvalue weighted by Gasteiger charge is -2.31. The van der Waals surface area contributed by atoms with E-state index in [1.54, 1.807) is 4.90 Å². The molecule has 3 fully saturated rings. The van der Waals surface area contributed by atoms with Crippen LogP contribution in [0.4, 0.5) is 31.1 Å². The van der Waals surface area contributed by atoms with E-state index in [1.165, 1.54) is 0 Å². The van der Waals surface area contributed by atoms with Crippen molar-refractivity contribution in [2.75, 3.05) is 13.1 Å². The second kappa shape index (κ2) is 10.6. The second-order valence-corrected chi connectivity index (χ2v) is 10.2. The molecule has 0 bridgehead atoms. The molecule has 2 heterocycles. The number of benzene rings is 1. The van der Waals surface area contributed by atoms with Crippen LogP contribution in [0.15, 0.2) is 34.2 Å². The Bertz CT molecular complexity index is 1070. The van der Waals surface area contributed by atoms with Gasteiger partial charge in [-0.15, -0.1) is 0 Å². The molecule has 0 aromatic heterocycles. The lowest BCUT2D eigenvalue weighted by Crippen LogP contribution is -2.33. The van der Waals surface area contributed by atoms with Crippen molar-refractivity contribution in [1.82, 2.24) is 10.2 Å². The fourth-order valence-corrected chi connectivity index (χ4v) is 5.49. The van der Waals surface area contributed by atoms with E-state index in [9.17, 15) is 35.9 Å². The summed E-state index contributed by atoms with van der Waals surface area (Å²) in [7, 11) is 0. The van der Waals surface area contributed by atoms with Gasteiger partial charge in [-0.25, -0.2) is 0 Å². The molecule has 5 nitrogen and oxygen atoms in total. The quantitative estimate of drug-likeness (QED) is 0.469. The third-order valence-electron chi connectivity index (χ3n) is 6.62. The number of ketones is 1. The molecule has 1 amide bonds. The number of allylic oxidation sites excluding steroid dienone is 1. The van der Waals surface area contributed by atoms with Crippen LogP contribution < -0.4 is 5.32 Å². The average Bonchev–Trinajstić information content (AvgIpc) is 3.14. The van der Waals surface area contributed by atoms with Crippen molar-refractivity contribution >= 4 is 28.6 Å². The molecule has 0 radical (unpaired) electrons. The number of thioether (sulfide) groups is 1. The SMILES string of the molecule is O=C1NC(=NC2CCCCC2=O)/C(=C/C2CCN(Cc3ccc(C(F)(F)F)cc3C(F)(F)F)CC2)S1. The van der Waals surface area contributed by atoms with Crippen molar-refractivity contribution in [2.45, 2.75) is 63.5 Å². The predicted molar refractivity (Wildman–Crippen MR) is 123 cm³/mol. The highest BCUT2D eigenvalue weighted by Crippen LogP contribution is 2.38. The van der Waals surface area contributed by atoms with E-state index in [0.717, 1.165) is 30.7 Å². The summed E-state index contributed by atoms with van der Waals surface area (Å²) in [6.45, 7) is 0.792. The van der Waals surface area contributed by atoms with Crippen molar-refractivity contribution in [3.8, 4) is 0 Å².